The van der Waals surface area contributed by atoms with Crippen molar-refractivity contribution in [3.63, 3.8) is 0 Å². The van der Waals surface area contributed by atoms with E-state index in [2.05, 4.69) is 156 Å². The summed E-state index contributed by atoms with van der Waals surface area (Å²) in [6.45, 7) is 0. The smallest absolute Gasteiger partial charge is 0.164 e. The van der Waals surface area contributed by atoms with Gasteiger partial charge in [0.15, 0.2) is 17.5 Å². The van der Waals surface area contributed by atoms with E-state index in [1.54, 1.807) is 0 Å². The molecule has 5 nitrogen and oxygen atoms in total. The highest BCUT2D eigenvalue weighted by Crippen LogP contribution is 2.47. The zero-order valence-electron chi connectivity index (χ0n) is 30.0. The number of para-hydroxylation sites is 2. The first kappa shape index (κ1) is 30.8. The fourth-order valence-corrected chi connectivity index (χ4v) is 8.70. The Kier molecular flexibility index (Phi) is 6.56. The van der Waals surface area contributed by atoms with Crippen molar-refractivity contribution in [1.82, 2.24) is 19.4 Å². The van der Waals surface area contributed by atoms with Crippen LogP contribution < -0.4 is 0 Å². The van der Waals surface area contributed by atoms with Crippen molar-refractivity contribution in [2.45, 2.75) is 0 Å². The van der Waals surface area contributed by atoms with Crippen molar-refractivity contribution in [3.8, 4) is 56.4 Å². The fourth-order valence-electron chi connectivity index (χ4n) is 8.70. The van der Waals surface area contributed by atoms with E-state index < -0.39 is 0 Å². The van der Waals surface area contributed by atoms with E-state index in [1.165, 1.54) is 10.8 Å². The molecule has 4 aromatic heterocycles. The Balaban J connectivity index is 1.22. The zero-order chi connectivity index (χ0) is 36.7. The van der Waals surface area contributed by atoms with Crippen LogP contribution in [0.2, 0.25) is 0 Å². The summed E-state index contributed by atoms with van der Waals surface area (Å²) in [6, 6.07) is 63.7. The van der Waals surface area contributed by atoms with Gasteiger partial charge in [0.1, 0.15) is 11.2 Å². The molecule has 260 valence electrons. The van der Waals surface area contributed by atoms with Crippen LogP contribution in [-0.2, 0) is 0 Å². The maximum atomic E-state index is 6.78. The molecule has 4 heterocycles. The van der Waals surface area contributed by atoms with E-state index in [0.717, 1.165) is 88.2 Å². The van der Waals surface area contributed by atoms with Gasteiger partial charge >= 0.3 is 0 Å². The summed E-state index contributed by atoms with van der Waals surface area (Å²) in [5.41, 5.74) is 12.1. The number of benzene rings is 8. The van der Waals surface area contributed by atoms with Crippen molar-refractivity contribution < 1.29 is 4.42 Å². The number of hydrogen-bond acceptors (Lipinski definition) is 4. The SMILES string of the molecule is c1ccc(-c2cc(-c3ccccc3)cc(-c3nc(-c4ccccc4)nc(-c4cc5oc6cccc7c8ccccc8n8c9ccccc9c4c8c5c67)n3)c2)cc1. The minimum atomic E-state index is 0.586. The van der Waals surface area contributed by atoms with Gasteiger partial charge in [-0.25, -0.2) is 15.0 Å². The third-order valence-electron chi connectivity index (χ3n) is 11.1. The fraction of sp³-hybridized carbons (Fsp3) is 0. The molecule has 0 unspecified atom stereocenters. The first-order valence-electron chi connectivity index (χ1n) is 18.9. The van der Waals surface area contributed by atoms with E-state index in [0.29, 0.717) is 17.5 Å². The number of aromatic nitrogens is 4. The molecule has 0 bridgehead atoms. The minimum Gasteiger partial charge on any atom is -0.456 e. The molecule has 12 aromatic rings. The van der Waals surface area contributed by atoms with E-state index in [1.807, 2.05) is 30.3 Å². The zero-order valence-corrected chi connectivity index (χ0v) is 30.0. The summed E-state index contributed by atoms with van der Waals surface area (Å²) in [5, 5.41) is 6.77. The topological polar surface area (TPSA) is 56.2 Å². The molecule has 0 aliphatic rings. The largest absolute Gasteiger partial charge is 0.456 e. The third-order valence-corrected chi connectivity index (χ3v) is 11.1. The van der Waals surface area contributed by atoms with Crippen LogP contribution in [0.3, 0.4) is 0 Å². The Morgan fingerprint density at radius 2 is 0.857 bits per heavy atom. The summed E-state index contributed by atoms with van der Waals surface area (Å²) >= 11 is 0. The summed E-state index contributed by atoms with van der Waals surface area (Å²) in [4.78, 5) is 15.9. The lowest BCUT2D eigenvalue weighted by Gasteiger charge is -2.13. The van der Waals surface area contributed by atoms with Gasteiger partial charge in [-0.05, 0) is 70.1 Å². The molecule has 12 rings (SSSR count). The number of nitrogens with zero attached hydrogens (tertiary/aromatic N) is 4. The monoisotopic (exact) mass is 714 g/mol. The average Bonchev–Trinajstić information content (AvgIpc) is 3.79. The molecule has 0 spiro atoms. The van der Waals surface area contributed by atoms with Gasteiger partial charge in [-0.3, -0.25) is 0 Å². The van der Waals surface area contributed by atoms with Gasteiger partial charge in [-0.1, -0.05) is 140 Å². The van der Waals surface area contributed by atoms with E-state index in [4.69, 9.17) is 19.4 Å². The predicted molar refractivity (Wildman–Crippen MR) is 229 cm³/mol. The van der Waals surface area contributed by atoms with Crippen molar-refractivity contribution >= 4 is 60.0 Å². The molecule has 0 N–H and O–H groups in total. The molecule has 0 fully saturated rings. The van der Waals surface area contributed by atoms with Crippen LogP contribution in [0.5, 0.6) is 0 Å². The van der Waals surface area contributed by atoms with Crippen LogP contribution in [0.1, 0.15) is 0 Å². The lowest BCUT2D eigenvalue weighted by Crippen LogP contribution is -2.01. The second-order valence-corrected chi connectivity index (χ2v) is 14.4. The van der Waals surface area contributed by atoms with Crippen molar-refractivity contribution in [3.05, 3.63) is 182 Å². The highest BCUT2D eigenvalue weighted by Gasteiger charge is 2.26. The standard InChI is InChI=1S/C51H30N4O/c1-4-15-31(16-5-1)34-27-35(32-17-6-2-7-18-32)29-36(28-34)50-52-49(33-19-8-3-9-20-33)53-51(54-50)40-30-44-47-46-38(23-14-26-43(46)56-44)37-21-10-12-24-41(37)55-42-25-13-11-22-39(42)45(40)48(47)55/h1-30H. The van der Waals surface area contributed by atoms with Crippen LogP contribution in [-0.4, -0.2) is 19.4 Å². The Morgan fingerprint density at radius 3 is 1.54 bits per heavy atom. The summed E-state index contributed by atoms with van der Waals surface area (Å²) in [7, 11) is 0. The van der Waals surface area contributed by atoms with Crippen LogP contribution in [0.15, 0.2) is 186 Å². The number of fused-ring (bicyclic) bond motifs is 6. The summed E-state index contributed by atoms with van der Waals surface area (Å²) in [5.74, 6) is 1.79. The highest BCUT2D eigenvalue weighted by atomic mass is 16.3. The second-order valence-electron chi connectivity index (χ2n) is 14.4. The van der Waals surface area contributed by atoms with Gasteiger partial charge in [-0.2, -0.15) is 0 Å². The molecule has 0 atom stereocenters. The normalized spacial score (nSPS) is 11.9. The molecule has 0 amide bonds. The van der Waals surface area contributed by atoms with E-state index in [-0.39, 0.29) is 0 Å². The highest BCUT2D eigenvalue weighted by molar-refractivity contribution is 6.33. The first-order chi connectivity index (χ1) is 27.8. The Morgan fingerprint density at radius 1 is 0.339 bits per heavy atom. The Bertz CT molecular complexity index is 3400. The molecule has 5 heteroatoms. The Hall–Kier alpha value is -7.63. The second kappa shape index (κ2) is 11.9. The van der Waals surface area contributed by atoms with E-state index >= 15 is 0 Å². The molecule has 0 aliphatic carbocycles. The van der Waals surface area contributed by atoms with Crippen LogP contribution >= 0.6 is 0 Å². The average molecular weight is 715 g/mol. The first-order valence-corrected chi connectivity index (χ1v) is 18.9. The number of rotatable bonds is 5. The molecular weight excluding hydrogens is 685 g/mol. The van der Waals surface area contributed by atoms with Crippen molar-refractivity contribution in [2.24, 2.45) is 0 Å². The molecule has 0 saturated heterocycles. The molecule has 56 heavy (non-hydrogen) atoms. The van der Waals surface area contributed by atoms with Gasteiger partial charge in [0.05, 0.1) is 21.9 Å². The lowest BCUT2D eigenvalue weighted by atomic mass is 9.95. The predicted octanol–water partition coefficient (Wildman–Crippen LogP) is 13.3. The van der Waals surface area contributed by atoms with Crippen molar-refractivity contribution in [1.29, 1.82) is 0 Å². The summed E-state index contributed by atoms with van der Waals surface area (Å²) < 4.78 is 9.19. The quantitative estimate of drug-likeness (QED) is 0.178. The Labute approximate surface area is 321 Å². The van der Waals surface area contributed by atoms with Crippen LogP contribution in [0, 0.1) is 0 Å². The van der Waals surface area contributed by atoms with E-state index in [9.17, 15) is 0 Å². The van der Waals surface area contributed by atoms with Crippen LogP contribution in [0.4, 0.5) is 0 Å². The lowest BCUT2D eigenvalue weighted by molar-refractivity contribution is 0.669. The van der Waals surface area contributed by atoms with Gasteiger partial charge < -0.3 is 8.82 Å². The molecule has 0 radical (unpaired) electrons. The molecular formula is C51H30N4O. The third kappa shape index (κ3) is 4.58. The molecule has 0 aliphatic heterocycles. The van der Waals surface area contributed by atoms with Gasteiger partial charge in [0.2, 0.25) is 0 Å². The molecule has 0 saturated carbocycles. The summed E-state index contributed by atoms with van der Waals surface area (Å²) in [6.07, 6.45) is 0. The van der Waals surface area contributed by atoms with Gasteiger partial charge in [-0.15, -0.1) is 0 Å². The van der Waals surface area contributed by atoms with Crippen molar-refractivity contribution in [2.75, 3.05) is 0 Å². The molecule has 8 aromatic carbocycles. The van der Waals surface area contributed by atoms with Gasteiger partial charge in [0.25, 0.3) is 0 Å². The minimum absolute atomic E-state index is 0.586. The maximum Gasteiger partial charge on any atom is 0.164 e. The maximum absolute atomic E-state index is 6.78. The van der Waals surface area contributed by atoms with Crippen LogP contribution in [0.25, 0.3) is 116 Å². The van der Waals surface area contributed by atoms with Gasteiger partial charge in [0, 0.05) is 38.2 Å². The number of hydrogen-bond donors (Lipinski definition) is 0. The number of furan rings is 1.